The number of amides is 1. The molecular formula is C22H21N5O3. The molecule has 0 fully saturated rings. The summed E-state index contributed by atoms with van der Waals surface area (Å²) >= 11 is 0. The van der Waals surface area contributed by atoms with E-state index in [0.29, 0.717) is 34.8 Å². The van der Waals surface area contributed by atoms with Gasteiger partial charge in [0.25, 0.3) is 5.91 Å². The number of fused-ring (bicyclic) bond motifs is 1. The maximum Gasteiger partial charge on any atom is 0.251 e. The first-order chi connectivity index (χ1) is 14.6. The molecule has 0 aliphatic rings. The summed E-state index contributed by atoms with van der Waals surface area (Å²) in [5, 5.41) is 11.3. The van der Waals surface area contributed by atoms with Gasteiger partial charge >= 0.3 is 0 Å². The molecule has 0 spiro atoms. The summed E-state index contributed by atoms with van der Waals surface area (Å²) in [7, 11) is 3.19. The van der Waals surface area contributed by atoms with E-state index in [0.717, 1.165) is 16.8 Å². The SMILES string of the molecule is COc1ccc(OC)c(CNC(=O)c2cccc(-n3nnc4cccnc43)c2C)c1. The number of benzene rings is 2. The van der Waals surface area contributed by atoms with Crippen LogP contribution in [0, 0.1) is 6.92 Å². The molecule has 0 atom stereocenters. The number of nitrogens with one attached hydrogen (secondary N) is 1. The maximum absolute atomic E-state index is 12.9. The van der Waals surface area contributed by atoms with Crippen molar-refractivity contribution in [2.75, 3.05) is 14.2 Å². The van der Waals surface area contributed by atoms with E-state index in [9.17, 15) is 4.79 Å². The minimum Gasteiger partial charge on any atom is -0.497 e. The molecule has 152 valence electrons. The third-order valence-corrected chi connectivity index (χ3v) is 4.91. The summed E-state index contributed by atoms with van der Waals surface area (Å²) in [5.41, 5.74) is 4.24. The van der Waals surface area contributed by atoms with Crippen LogP contribution in [0.25, 0.3) is 16.9 Å². The van der Waals surface area contributed by atoms with Crippen molar-refractivity contribution >= 4 is 17.1 Å². The number of nitrogens with zero attached hydrogens (tertiary/aromatic N) is 4. The zero-order chi connectivity index (χ0) is 21.1. The van der Waals surface area contributed by atoms with Crippen LogP contribution >= 0.6 is 0 Å². The molecule has 30 heavy (non-hydrogen) atoms. The fourth-order valence-corrected chi connectivity index (χ4v) is 3.32. The van der Waals surface area contributed by atoms with E-state index >= 15 is 0 Å². The minimum absolute atomic E-state index is 0.198. The van der Waals surface area contributed by atoms with E-state index in [4.69, 9.17) is 9.47 Å². The van der Waals surface area contributed by atoms with E-state index in [1.807, 2.05) is 49.4 Å². The summed E-state index contributed by atoms with van der Waals surface area (Å²) < 4.78 is 12.3. The lowest BCUT2D eigenvalue weighted by atomic mass is 10.1. The summed E-state index contributed by atoms with van der Waals surface area (Å²) in [5.74, 6) is 1.18. The Hall–Kier alpha value is -3.94. The molecule has 8 heteroatoms. The van der Waals surface area contributed by atoms with Crippen molar-refractivity contribution in [1.82, 2.24) is 25.3 Å². The number of methoxy groups -OCH3 is 2. The van der Waals surface area contributed by atoms with E-state index in [2.05, 4.69) is 20.6 Å². The van der Waals surface area contributed by atoms with Crippen LogP contribution in [0.2, 0.25) is 0 Å². The number of ether oxygens (including phenoxy) is 2. The third-order valence-electron chi connectivity index (χ3n) is 4.91. The van der Waals surface area contributed by atoms with Crippen LogP contribution in [0.3, 0.4) is 0 Å². The second-order valence-corrected chi connectivity index (χ2v) is 6.66. The number of hydrogen-bond donors (Lipinski definition) is 1. The first kappa shape index (κ1) is 19.4. The van der Waals surface area contributed by atoms with Gasteiger partial charge in [-0.3, -0.25) is 4.79 Å². The third kappa shape index (κ3) is 3.55. The molecule has 1 amide bonds. The van der Waals surface area contributed by atoms with Gasteiger partial charge in [0.05, 0.1) is 19.9 Å². The molecule has 2 heterocycles. The Morgan fingerprint density at radius 1 is 1.10 bits per heavy atom. The molecule has 1 N–H and O–H groups in total. The van der Waals surface area contributed by atoms with Gasteiger partial charge < -0.3 is 14.8 Å². The van der Waals surface area contributed by atoms with Crippen molar-refractivity contribution < 1.29 is 14.3 Å². The number of carbonyl (C=O) groups is 1. The quantitative estimate of drug-likeness (QED) is 0.532. The smallest absolute Gasteiger partial charge is 0.251 e. The second kappa shape index (κ2) is 8.20. The van der Waals surface area contributed by atoms with Gasteiger partial charge in [0.15, 0.2) is 5.65 Å². The zero-order valence-electron chi connectivity index (χ0n) is 16.9. The van der Waals surface area contributed by atoms with E-state index < -0.39 is 0 Å². The Bertz CT molecular complexity index is 1220. The van der Waals surface area contributed by atoms with Crippen LogP contribution in [0.5, 0.6) is 11.5 Å². The fraction of sp³-hybridized carbons (Fsp3) is 0.182. The molecule has 0 aliphatic heterocycles. The van der Waals surface area contributed by atoms with Gasteiger partial charge in [0.1, 0.15) is 17.0 Å². The standard InChI is InChI=1S/C22H21N5O3/c1-14-17(22(28)24-13-15-12-16(29-2)9-10-20(15)30-3)6-4-8-19(14)27-21-18(25-26-27)7-5-11-23-21/h4-12H,13H2,1-3H3,(H,24,28). The van der Waals surface area contributed by atoms with E-state index in [-0.39, 0.29) is 5.91 Å². The zero-order valence-corrected chi connectivity index (χ0v) is 16.9. The summed E-state index contributed by atoms with van der Waals surface area (Å²) in [6, 6.07) is 14.6. The lowest BCUT2D eigenvalue weighted by Gasteiger charge is -2.14. The Labute approximate surface area is 173 Å². The number of pyridine rings is 1. The van der Waals surface area contributed by atoms with Crippen molar-refractivity contribution in [1.29, 1.82) is 0 Å². The van der Waals surface area contributed by atoms with E-state index in [1.54, 1.807) is 31.2 Å². The van der Waals surface area contributed by atoms with Crippen LogP contribution in [0.15, 0.2) is 54.7 Å². The van der Waals surface area contributed by atoms with Gasteiger partial charge in [-0.25, -0.2) is 4.98 Å². The Morgan fingerprint density at radius 3 is 2.77 bits per heavy atom. The number of hydrogen-bond acceptors (Lipinski definition) is 6. The highest BCUT2D eigenvalue weighted by Gasteiger charge is 2.16. The van der Waals surface area contributed by atoms with Gasteiger partial charge in [0.2, 0.25) is 0 Å². The van der Waals surface area contributed by atoms with Crippen LogP contribution in [0.1, 0.15) is 21.5 Å². The molecule has 0 saturated carbocycles. The normalized spacial score (nSPS) is 10.8. The Balaban J connectivity index is 1.61. The molecule has 0 saturated heterocycles. The van der Waals surface area contributed by atoms with Gasteiger partial charge in [0, 0.05) is 23.9 Å². The number of carbonyl (C=O) groups excluding carboxylic acids is 1. The molecule has 2 aromatic carbocycles. The average molecular weight is 403 g/mol. The molecule has 4 rings (SSSR count). The highest BCUT2D eigenvalue weighted by atomic mass is 16.5. The predicted molar refractivity (Wildman–Crippen MR) is 112 cm³/mol. The maximum atomic E-state index is 12.9. The van der Waals surface area contributed by atoms with Crippen LogP contribution in [0.4, 0.5) is 0 Å². The van der Waals surface area contributed by atoms with E-state index in [1.165, 1.54) is 0 Å². The average Bonchev–Trinajstić information content (AvgIpc) is 3.21. The second-order valence-electron chi connectivity index (χ2n) is 6.66. The fourth-order valence-electron chi connectivity index (χ4n) is 3.32. The Morgan fingerprint density at radius 2 is 1.97 bits per heavy atom. The first-order valence-electron chi connectivity index (χ1n) is 9.38. The van der Waals surface area contributed by atoms with Gasteiger partial charge in [-0.1, -0.05) is 11.3 Å². The largest absolute Gasteiger partial charge is 0.497 e. The van der Waals surface area contributed by atoms with Crippen LogP contribution in [-0.4, -0.2) is 40.1 Å². The topological polar surface area (TPSA) is 91.2 Å². The molecule has 0 radical (unpaired) electrons. The number of aromatic nitrogens is 4. The summed E-state index contributed by atoms with van der Waals surface area (Å²) in [6.45, 7) is 2.18. The monoisotopic (exact) mass is 403 g/mol. The molecular weight excluding hydrogens is 382 g/mol. The molecule has 2 aromatic heterocycles. The van der Waals surface area contributed by atoms with Crippen LogP contribution < -0.4 is 14.8 Å². The Kier molecular flexibility index (Phi) is 5.30. The summed E-state index contributed by atoms with van der Waals surface area (Å²) in [4.78, 5) is 17.3. The lowest BCUT2D eigenvalue weighted by Crippen LogP contribution is -2.24. The minimum atomic E-state index is -0.198. The van der Waals surface area contributed by atoms with Gasteiger partial charge in [-0.2, -0.15) is 4.68 Å². The number of rotatable bonds is 6. The molecule has 0 unspecified atom stereocenters. The molecule has 4 aromatic rings. The first-order valence-corrected chi connectivity index (χ1v) is 9.38. The highest BCUT2D eigenvalue weighted by Crippen LogP contribution is 2.24. The molecule has 8 nitrogen and oxygen atoms in total. The summed E-state index contributed by atoms with van der Waals surface area (Å²) in [6.07, 6.45) is 1.69. The van der Waals surface area contributed by atoms with Crippen molar-refractivity contribution in [3.05, 3.63) is 71.4 Å². The van der Waals surface area contributed by atoms with Crippen molar-refractivity contribution in [2.24, 2.45) is 0 Å². The molecule has 0 bridgehead atoms. The van der Waals surface area contributed by atoms with Crippen LogP contribution in [-0.2, 0) is 6.54 Å². The highest BCUT2D eigenvalue weighted by molar-refractivity contribution is 5.96. The molecule has 0 aliphatic carbocycles. The lowest BCUT2D eigenvalue weighted by molar-refractivity contribution is 0.0950. The predicted octanol–water partition coefficient (Wildman–Crippen LogP) is 3.07. The van der Waals surface area contributed by atoms with Crippen molar-refractivity contribution in [3.63, 3.8) is 0 Å². The van der Waals surface area contributed by atoms with Crippen molar-refractivity contribution in [3.8, 4) is 17.2 Å². The van der Waals surface area contributed by atoms with Crippen molar-refractivity contribution in [2.45, 2.75) is 13.5 Å². The van der Waals surface area contributed by atoms with Gasteiger partial charge in [-0.15, -0.1) is 5.10 Å². The van der Waals surface area contributed by atoms with Gasteiger partial charge in [-0.05, 0) is 55.0 Å².